The number of aliphatic imine (C=N–C) groups is 1. The van der Waals surface area contributed by atoms with E-state index in [-0.39, 0.29) is 12.5 Å². The van der Waals surface area contributed by atoms with Crippen molar-refractivity contribution in [2.75, 3.05) is 18.1 Å². The van der Waals surface area contributed by atoms with Crippen LogP contribution in [0.5, 0.6) is 5.75 Å². The standard InChI is InChI=1S/C31H28BrN3O4S/c1-20-33-24(19-40-20)18-35-27-6-3-2-5-26(27)28-31(30(35)37,17-21-7-11-23(32)12-8-21)34-29(39-28)22-9-13-25(14-10-22)38-16-4-15-36/h2-3,5-14,19,28,36H,4,15-18H2,1H3/t28-,31-/m1/s1. The van der Waals surface area contributed by atoms with Gasteiger partial charge in [0.2, 0.25) is 5.90 Å². The molecule has 4 aromatic rings. The monoisotopic (exact) mass is 617 g/mol. The van der Waals surface area contributed by atoms with Gasteiger partial charge in [-0.15, -0.1) is 11.3 Å². The van der Waals surface area contributed by atoms with Crippen LogP contribution in [-0.4, -0.2) is 40.6 Å². The number of ether oxygens (including phenoxy) is 2. The summed E-state index contributed by atoms with van der Waals surface area (Å²) in [5.74, 6) is 1.02. The van der Waals surface area contributed by atoms with E-state index in [0.29, 0.717) is 37.6 Å². The molecular formula is C31H28BrN3O4S. The topological polar surface area (TPSA) is 84.3 Å². The summed E-state index contributed by atoms with van der Waals surface area (Å²) >= 11 is 5.09. The maximum atomic E-state index is 14.6. The van der Waals surface area contributed by atoms with Gasteiger partial charge in [-0.25, -0.2) is 9.98 Å². The number of aryl methyl sites for hydroxylation is 1. The van der Waals surface area contributed by atoms with Crippen LogP contribution in [0.4, 0.5) is 5.69 Å². The van der Waals surface area contributed by atoms with Crippen molar-refractivity contribution in [2.24, 2.45) is 4.99 Å². The maximum Gasteiger partial charge on any atom is 0.260 e. The highest BCUT2D eigenvalue weighted by molar-refractivity contribution is 9.10. The summed E-state index contributed by atoms with van der Waals surface area (Å²) in [5.41, 5.74) is 3.17. The number of thiazole rings is 1. The number of carbonyl (C=O) groups is 1. The van der Waals surface area contributed by atoms with Crippen LogP contribution >= 0.6 is 27.3 Å². The molecule has 0 saturated heterocycles. The summed E-state index contributed by atoms with van der Waals surface area (Å²) in [6.45, 7) is 2.85. The number of anilines is 1. The van der Waals surface area contributed by atoms with Gasteiger partial charge in [0, 0.05) is 40.4 Å². The second kappa shape index (κ2) is 11.2. The fourth-order valence-corrected chi connectivity index (χ4v) is 6.12. The first-order valence-electron chi connectivity index (χ1n) is 13.1. The van der Waals surface area contributed by atoms with Crippen LogP contribution in [0.15, 0.2) is 87.6 Å². The van der Waals surface area contributed by atoms with Crippen LogP contribution in [-0.2, 0) is 22.5 Å². The minimum absolute atomic E-state index is 0.0825. The number of rotatable bonds is 9. The molecule has 0 spiro atoms. The third-order valence-corrected chi connectivity index (χ3v) is 8.49. The molecule has 3 heterocycles. The van der Waals surface area contributed by atoms with Crippen molar-refractivity contribution in [2.45, 2.75) is 38.0 Å². The molecule has 1 amide bonds. The first kappa shape index (κ1) is 26.7. The SMILES string of the molecule is Cc1nc(CN2C(=O)[C@]3(Cc4ccc(Br)cc4)N=C(c4ccc(OCCCO)cc4)O[C@@H]3c3ccccc32)cs1. The average Bonchev–Trinajstić information content (AvgIpc) is 3.57. The van der Waals surface area contributed by atoms with Crippen LogP contribution in [0, 0.1) is 6.92 Å². The second-order valence-corrected chi connectivity index (χ2v) is 11.9. The van der Waals surface area contributed by atoms with E-state index in [4.69, 9.17) is 19.6 Å². The van der Waals surface area contributed by atoms with Crippen molar-refractivity contribution in [1.29, 1.82) is 0 Å². The molecule has 0 saturated carbocycles. The lowest BCUT2D eigenvalue weighted by Gasteiger charge is -2.41. The number of aliphatic hydroxyl groups is 1. The molecule has 3 aromatic carbocycles. The quantitative estimate of drug-likeness (QED) is 0.232. The number of hydrogen-bond donors (Lipinski definition) is 1. The van der Waals surface area contributed by atoms with Gasteiger partial charge < -0.3 is 19.5 Å². The van der Waals surface area contributed by atoms with Crippen molar-refractivity contribution in [3.05, 3.63) is 110 Å². The normalized spacial score (nSPS) is 19.6. The van der Waals surface area contributed by atoms with Crippen LogP contribution in [0.3, 0.4) is 0 Å². The Morgan fingerprint density at radius 1 is 1.10 bits per heavy atom. The van der Waals surface area contributed by atoms with Crippen LogP contribution in [0.1, 0.15) is 39.9 Å². The van der Waals surface area contributed by atoms with E-state index in [2.05, 4.69) is 20.9 Å². The minimum atomic E-state index is -1.18. The molecule has 0 bridgehead atoms. The van der Waals surface area contributed by atoms with E-state index in [9.17, 15) is 4.79 Å². The molecule has 7 nitrogen and oxygen atoms in total. The average molecular weight is 619 g/mol. The van der Waals surface area contributed by atoms with Crippen LogP contribution in [0.25, 0.3) is 0 Å². The largest absolute Gasteiger partial charge is 0.494 e. The Morgan fingerprint density at radius 3 is 2.60 bits per heavy atom. The Bertz CT molecular complexity index is 1550. The molecule has 6 rings (SSSR count). The Labute approximate surface area is 245 Å². The van der Waals surface area contributed by atoms with Gasteiger partial charge in [0.25, 0.3) is 5.91 Å². The van der Waals surface area contributed by atoms with E-state index in [1.54, 1.807) is 11.3 Å². The number of hydrogen-bond acceptors (Lipinski definition) is 7. The van der Waals surface area contributed by atoms with Crippen molar-refractivity contribution < 1.29 is 19.4 Å². The molecular weight excluding hydrogens is 590 g/mol. The first-order chi connectivity index (χ1) is 19.5. The zero-order chi connectivity index (χ0) is 27.7. The van der Waals surface area contributed by atoms with Crippen molar-refractivity contribution in [1.82, 2.24) is 4.98 Å². The number of halogens is 1. The number of nitrogens with zero attached hydrogens (tertiary/aromatic N) is 3. The molecule has 1 aromatic heterocycles. The molecule has 2 aliphatic heterocycles. The summed E-state index contributed by atoms with van der Waals surface area (Å²) in [6.07, 6.45) is 0.371. The number of aromatic nitrogens is 1. The Morgan fingerprint density at radius 2 is 1.88 bits per heavy atom. The number of aliphatic hydroxyl groups excluding tert-OH is 1. The predicted molar refractivity (Wildman–Crippen MR) is 159 cm³/mol. The molecule has 0 aliphatic carbocycles. The lowest BCUT2D eigenvalue weighted by atomic mass is 9.78. The fraction of sp³-hybridized carbons (Fsp3) is 0.258. The molecule has 204 valence electrons. The Balaban J connectivity index is 1.42. The van der Waals surface area contributed by atoms with Crippen molar-refractivity contribution >= 4 is 44.8 Å². The Hall–Kier alpha value is -3.53. The van der Waals surface area contributed by atoms with Gasteiger partial charge in [0.05, 0.1) is 29.5 Å². The summed E-state index contributed by atoms with van der Waals surface area (Å²) < 4.78 is 13.3. The lowest BCUT2D eigenvalue weighted by Crippen LogP contribution is -2.55. The third-order valence-electron chi connectivity index (χ3n) is 7.14. The highest BCUT2D eigenvalue weighted by Crippen LogP contribution is 2.50. The summed E-state index contributed by atoms with van der Waals surface area (Å²) in [5, 5.41) is 12.0. The van der Waals surface area contributed by atoms with E-state index in [1.165, 1.54) is 0 Å². The second-order valence-electron chi connectivity index (χ2n) is 9.90. The number of benzene rings is 3. The molecule has 2 aliphatic rings. The number of para-hydroxylation sites is 1. The van der Waals surface area contributed by atoms with E-state index < -0.39 is 11.6 Å². The maximum absolute atomic E-state index is 14.6. The lowest BCUT2D eigenvalue weighted by molar-refractivity contribution is -0.127. The highest BCUT2D eigenvalue weighted by Gasteiger charge is 2.58. The number of fused-ring (bicyclic) bond motifs is 3. The van der Waals surface area contributed by atoms with E-state index in [0.717, 1.165) is 37.6 Å². The molecule has 0 fully saturated rings. The zero-order valence-corrected chi connectivity index (χ0v) is 24.3. The summed E-state index contributed by atoms with van der Waals surface area (Å²) in [6, 6.07) is 23.4. The summed E-state index contributed by atoms with van der Waals surface area (Å²) in [7, 11) is 0. The van der Waals surface area contributed by atoms with Gasteiger partial charge in [0.1, 0.15) is 5.75 Å². The highest BCUT2D eigenvalue weighted by atomic mass is 79.9. The van der Waals surface area contributed by atoms with Gasteiger partial charge in [-0.2, -0.15) is 0 Å². The fourth-order valence-electron chi connectivity index (χ4n) is 5.26. The summed E-state index contributed by atoms with van der Waals surface area (Å²) in [4.78, 5) is 26.2. The van der Waals surface area contributed by atoms with Crippen LogP contribution in [0.2, 0.25) is 0 Å². The van der Waals surface area contributed by atoms with Crippen LogP contribution < -0.4 is 9.64 Å². The third kappa shape index (κ3) is 5.05. The van der Waals surface area contributed by atoms with E-state index in [1.807, 2.05) is 90.0 Å². The van der Waals surface area contributed by atoms with Gasteiger partial charge in [0.15, 0.2) is 11.6 Å². The van der Waals surface area contributed by atoms with Gasteiger partial charge >= 0.3 is 0 Å². The molecule has 9 heteroatoms. The molecule has 0 radical (unpaired) electrons. The molecule has 0 unspecified atom stereocenters. The zero-order valence-electron chi connectivity index (χ0n) is 21.9. The minimum Gasteiger partial charge on any atom is -0.494 e. The molecule has 1 N–H and O–H groups in total. The number of amides is 1. The van der Waals surface area contributed by atoms with Gasteiger partial charge in [-0.05, 0) is 55.0 Å². The van der Waals surface area contributed by atoms with Crippen molar-refractivity contribution in [3.8, 4) is 5.75 Å². The van der Waals surface area contributed by atoms with Gasteiger partial charge in [-0.3, -0.25) is 4.79 Å². The predicted octanol–water partition coefficient (Wildman–Crippen LogP) is 6.02. The Kier molecular flexibility index (Phi) is 7.44. The number of carbonyl (C=O) groups excluding carboxylic acids is 1. The van der Waals surface area contributed by atoms with Gasteiger partial charge in [-0.1, -0.05) is 46.3 Å². The molecule has 40 heavy (non-hydrogen) atoms. The van der Waals surface area contributed by atoms with E-state index >= 15 is 0 Å². The first-order valence-corrected chi connectivity index (χ1v) is 14.8. The smallest absolute Gasteiger partial charge is 0.260 e. The molecule has 2 atom stereocenters. The van der Waals surface area contributed by atoms with Crippen molar-refractivity contribution in [3.63, 3.8) is 0 Å².